The van der Waals surface area contributed by atoms with Crippen LogP contribution >= 0.6 is 0 Å². The Balaban J connectivity index is 2.17. The first-order chi connectivity index (χ1) is 9.43. The van der Waals surface area contributed by atoms with Gasteiger partial charge in [0.05, 0.1) is 11.1 Å². The van der Waals surface area contributed by atoms with Crippen LogP contribution in [0.25, 0.3) is 33.3 Å². The number of para-hydroxylation sites is 1. The van der Waals surface area contributed by atoms with Crippen molar-refractivity contribution in [2.75, 3.05) is 0 Å². The Morgan fingerprint density at radius 2 is 1.58 bits per heavy atom. The molecule has 19 heavy (non-hydrogen) atoms. The number of nitrogens with zero attached hydrogens (tertiary/aromatic N) is 2. The average molecular weight is 246 g/mol. The molecule has 0 saturated heterocycles. The Bertz CT molecular complexity index is 866. The van der Waals surface area contributed by atoms with Crippen molar-refractivity contribution >= 4 is 22.1 Å². The SMILES string of the molecule is c1ccc(-c2ncnc3oc4ccccc4c23)cc1. The minimum atomic E-state index is 0.634. The molecular weight excluding hydrogens is 236 g/mol. The van der Waals surface area contributed by atoms with E-state index in [2.05, 4.69) is 9.97 Å². The van der Waals surface area contributed by atoms with Crippen LogP contribution in [0.3, 0.4) is 0 Å². The van der Waals surface area contributed by atoms with Crippen molar-refractivity contribution in [2.24, 2.45) is 0 Å². The lowest BCUT2D eigenvalue weighted by Crippen LogP contribution is -1.86. The summed E-state index contributed by atoms with van der Waals surface area (Å²) in [5, 5.41) is 2.03. The van der Waals surface area contributed by atoms with Crippen molar-refractivity contribution in [1.29, 1.82) is 0 Å². The summed E-state index contributed by atoms with van der Waals surface area (Å²) in [4.78, 5) is 8.66. The highest BCUT2D eigenvalue weighted by Crippen LogP contribution is 2.33. The van der Waals surface area contributed by atoms with Crippen LogP contribution in [0.2, 0.25) is 0 Å². The molecule has 0 aliphatic heterocycles. The maximum Gasteiger partial charge on any atom is 0.230 e. The second-order valence-electron chi connectivity index (χ2n) is 4.37. The highest BCUT2D eigenvalue weighted by molar-refractivity contribution is 6.09. The van der Waals surface area contributed by atoms with Crippen LogP contribution in [-0.4, -0.2) is 9.97 Å². The van der Waals surface area contributed by atoms with Gasteiger partial charge in [-0.2, -0.15) is 0 Å². The summed E-state index contributed by atoms with van der Waals surface area (Å²) >= 11 is 0. The van der Waals surface area contributed by atoms with Crippen LogP contribution in [-0.2, 0) is 0 Å². The quantitative estimate of drug-likeness (QED) is 0.508. The van der Waals surface area contributed by atoms with E-state index < -0.39 is 0 Å². The minimum Gasteiger partial charge on any atom is -0.438 e. The average Bonchev–Trinajstić information content (AvgIpc) is 2.86. The predicted molar refractivity (Wildman–Crippen MR) is 74.7 cm³/mol. The van der Waals surface area contributed by atoms with E-state index >= 15 is 0 Å². The van der Waals surface area contributed by atoms with Gasteiger partial charge < -0.3 is 4.42 Å². The summed E-state index contributed by atoms with van der Waals surface area (Å²) < 4.78 is 5.76. The van der Waals surface area contributed by atoms with E-state index in [0.717, 1.165) is 27.6 Å². The van der Waals surface area contributed by atoms with E-state index in [1.54, 1.807) is 6.33 Å². The topological polar surface area (TPSA) is 38.9 Å². The minimum absolute atomic E-state index is 0.634. The van der Waals surface area contributed by atoms with Gasteiger partial charge in [-0.15, -0.1) is 0 Å². The smallest absolute Gasteiger partial charge is 0.230 e. The molecule has 0 atom stereocenters. The Labute approximate surface area is 109 Å². The predicted octanol–water partition coefficient (Wildman–Crippen LogP) is 4.04. The molecule has 0 aliphatic rings. The summed E-state index contributed by atoms with van der Waals surface area (Å²) in [7, 11) is 0. The molecule has 0 radical (unpaired) electrons. The molecule has 0 unspecified atom stereocenters. The zero-order chi connectivity index (χ0) is 12.7. The largest absolute Gasteiger partial charge is 0.438 e. The number of benzene rings is 2. The standard InChI is InChI=1S/C16H10N2O/c1-2-6-11(7-3-1)15-14-12-8-4-5-9-13(12)19-16(14)18-10-17-15/h1-10H. The van der Waals surface area contributed by atoms with Crippen molar-refractivity contribution in [3.8, 4) is 11.3 Å². The molecule has 0 N–H and O–H groups in total. The molecule has 0 bridgehead atoms. The van der Waals surface area contributed by atoms with Crippen LogP contribution in [0.15, 0.2) is 65.3 Å². The highest BCUT2D eigenvalue weighted by Gasteiger charge is 2.13. The Morgan fingerprint density at radius 1 is 0.789 bits per heavy atom. The lowest BCUT2D eigenvalue weighted by Gasteiger charge is -2.01. The molecule has 3 nitrogen and oxygen atoms in total. The van der Waals surface area contributed by atoms with Crippen molar-refractivity contribution in [1.82, 2.24) is 9.97 Å². The van der Waals surface area contributed by atoms with Gasteiger partial charge in [-0.3, -0.25) is 0 Å². The van der Waals surface area contributed by atoms with E-state index in [1.165, 1.54) is 0 Å². The fraction of sp³-hybridized carbons (Fsp3) is 0. The molecule has 0 aliphatic carbocycles. The van der Waals surface area contributed by atoms with E-state index in [4.69, 9.17) is 4.42 Å². The number of furan rings is 1. The molecule has 0 amide bonds. The highest BCUT2D eigenvalue weighted by atomic mass is 16.3. The maximum atomic E-state index is 5.76. The van der Waals surface area contributed by atoms with Crippen molar-refractivity contribution < 1.29 is 4.42 Å². The molecule has 4 rings (SSSR count). The molecule has 0 saturated carbocycles. The number of rotatable bonds is 1. The third-order valence-electron chi connectivity index (χ3n) is 3.22. The maximum absolute atomic E-state index is 5.76. The van der Waals surface area contributed by atoms with Gasteiger partial charge in [0.25, 0.3) is 0 Å². The first-order valence-electron chi connectivity index (χ1n) is 6.11. The van der Waals surface area contributed by atoms with Crippen LogP contribution in [0.1, 0.15) is 0 Å². The van der Waals surface area contributed by atoms with Gasteiger partial charge in [-0.05, 0) is 6.07 Å². The van der Waals surface area contributed by atoms with Crippen LogP contribution < -0.4 is 0 Å². The van der Waals surface area contributed by atoms with Gasteiger partial charge in [0.1, 0.15) is 11.9 Å². The van der Waals surface area contributed by atoms with Gasteiger partial charge >= 0.3 is 0 Å². The Morgan fingerprint density at radius 3 is 2.47 bits per heavy atom. The van der Waals surface area contributed by atoms with E-state index in [-0.39, 0.29) is 0 Å². The molecule has 90 valence electrons. The zero-order valence-electron chi connectivity index (χ0n) is 10.1. The first kappa shape index (κ1) is 10.3. The lowest BCUT2D eigenvalue weighted by molar-refractivity contribution is 0.653. The van der Waals surface area contributed by atoms with Gasteiger partial charge in [0.2, 0.25) is 5.71 Å². The van der Waals surface area contributed by atoms with Gasteiger partial charge in [-0.1, -0.05) is 48.5 Å². The number of fused-ring (bicyclic) bond motifs is 3. The number of hydrogen-bond donors (Lipinski definition) is 0. The molecule has 2 heterocycles. The second-order valence-corrected chi connectivity index (χ2v) is 4.37. The summed E-state index contributed by atoms with van der Waals surface area (Å²) in [6.07, 6.45) is 1.55. The summed E-state index contributed by atoms with van der Waals surface area (Å²) in [6, 6.07) is 18.0. The van der Waals surface area contributed by atoms with Crippen LogP contribution in [0.5, 0.6) is 0 Å². The molecule has 3 heteroatoms. The Hall–Kier alpha value is -2.68. The summed E-state index contributed by atoms with van der Waals surface area (Å²) in [5.41, 5.74) is 3.46. The summed E-state index contributed by atoms with van der Waals surface area (Å²) in [6.45, 7) is 0. The molecule has 2 aromatic carbocycles. The molecule has 2 aromatic heterocycles. The first-order valence-corrected chi connectivity index (χ1v) is 6.11. The van der Waals surface area contributed by atoms with Crippen LogP contribution in [0.4, 0.5) is 0 Å². The van der Waals surface area contributed by atoms with Gasteiger partial charge in [0.15, 0.2) is 0 Å². The third-order valence-corrected chi connectivity index (χ3v) is 3.22. The monoisotopic (exact) mass is 246 g/mol. The van der Waals surface area contributed by atoms with E-state index in [0.29, 0.717) is 5.71 Å². The molecule has 0 spiro atoms. The number of hydrogen-bond acceptors (Lipinski definition) is 3. The fourth-order valence-corrected chi connectivity index (χ4v) is 2.37. The van der Waals surface area contributed by atoms with Crippen molar-refractivity contribution in [3.05, 3.63) is 60.9 Å². The van der Waals surface area contributed by atoms with Crippen LogP contribution in [0, 0.1) is 0 Å². The van der Waals surface area contributed by atoms with Gasteiger partial charge in [0, 0.05) is 10.9 Å². The van der Waals surface area contributed by atoms with Gasteiger partial charge in [-0.25, -0.2) is 9.97 Å². The molecule has 4 aromatic rings. The number of aromatic nitrogens is 2. The molecule has 0 fully saturated rings. The second kappa shape index (κ2) is 3.92. The lowest BCUT2D eigenvalue weighted by atomic mass is 10.1. The normalized spacial score (nSPS) is 11.2. The van der Waals surface area contributed by atoms with Crippen molar-refractivity contribution in [3.63, 3.8) is 0 Å². The fourth-order valence-electron chi connectivity index (χ4n) is 2.37. The van der Waals surface area contributed by atoms with E-state index in [1.807, 2.05) is 54.6 Å². The van der Waals surface area contributed by atoms with Crippen molar-refractivity contribution in [2.45, 2.75) is 0 Å². The zero-order valence-corrected chi connectivity index (χ0v) is 10.1. The molecular formula is C16H10N2O. The Kier molecular flexibility index (Phi) is 2.12. The summed E-state index contributed by atoms with van der Waals surface area (Å²) in [5.74, 6) is 0. The third kappa shape index (κ3) is 1.52. The van der Waals surface area contributed by atoms with E-state index in [9.17, 15) is 0 Å².